The van der Waals surface area contributed by atoms with Gasteiger partial charge in [-0.05, 0) is 46.7 Å². The first-order chi connectivity index (χ1) is 19.8. The van der Waals surface area contributed by atoms with E-state index < -0.39 is 0 Å². The Bertz CT molecular complexity index is 1700. The van der Waals surface area contributed by atoms with E-state index >= 15 is 0 Å². The summed E-state index contributed by atoms with van der Waals surface area (Å²) in [6, 6.07) is 24.4. The summed E-state index contributed by atoms with van der Waals surface area (Å²) in [5, 5.41) is 11.7. The topological polar surface area (TPSA) is 42.6 Å². The average molecular weight is 547 g/mol. The van der Waals surface area contributed by atoms with Crippen LogP contribution in [0.5, 0.6) is 5.75 Å². The Morgan fingerprint density at radius 2 is 1.76 bits per heavy atom. The summed E-state index contributed by atoms with van der Waals surface area (Å²) in [7, 11) is 1.74. The molecule has 0 spiro atoms. The monoisotopic (exact) mass is 546 g/mol. The lowest BCUT2D eigenvalue weighted by atomic mass is 9.69. The Balaban J connectivity index is 1.58. The molecule has 0 radical (unpaired) electrons. The highest BCUT2D eigenvalue weighted by Gasteiger charge is 2.56. The molecule has 0 amide bonds. The zero-order valence-corrected chi connectivity index (χ0v) is 24.8. The number of aliphatic hydroxyl groups excluding tert-OH is 1. The summed E-state index contributed by atoms with van der Waals surface area (Å²) in [5.74, 6) is 1.69. The number of aliphatic hydroxyl groups is 1. The molecular weight excluding hydrogens is 506 g/mol. The van der Waals surface area contributed by atoms with Crippen LogP contribution in [0.15, 0.2) is 78.9 Å². The van der Waals surface area contributed by atoms with Crippen LogP contribution in [-0.2, 0) is 10.2 Å². The van der Waals surface area contributed by atoms with Crippen molar-refractivity contribution in [1.29, 1.82) is 0 Å². The number of rotatable bonds is 6. The third-order valence-corrected chi connectivity index (χ3v) is 9.96. The maximum absolute atomic E-state index is 10.4. The molecule has 3 aromatic carbocycles. The Hall–Kier alpha value is -3.47. The maximum Gasteiger partial charge on any atom is 0.214 e. The minimum atomic E-state index is -0.153. The van der Waals surface area contributed by atoms with Gasteiger partial charge in [0.1, 0.15) is 11.9 Å². The largest absolute Gasteiger partial charge is 0.485 e. The number of hydrogen-bond acceptors (Lipinski definition) is 3. The van der Waals surface area contributed by atoms with Gasteiger partial charge in [0, 0.05) is 53.7 Å². The van der Waals surface area contributed by atoms with Gasteiger partial charge in [0.15, 0.2) is 6.04 Å². The smallest absolute Gasteiger partial charge is 0.214 e. The lowest BCUT2D eigenvalue weighted by molar-refractivity contribution is -0.685. The second-order valence-corrected chi connectivity index (χ2v) is 13.0. The first kappa shape index (κ1) is 26.4. The summed E-state index contributed by atoms with van der Waals surface area (Å²) >= 11 is 0. The van der Waals surface area contributed by atoms with Crippen molar-refractivity contribution in [1.82, 2.24) is 0 Å². The second-order valence-electron chi connectivity index (χ2n) is 13.0. The molecule has 4 heteroatoms. The second kappa shape index (κ2) is 9.54. The lowest BCUT2D eigenvalue weighted by Crippen LogP contribution is -2.50. The highest BCUT2D eigenvalue weighted by Crippen LogP contribution is 2.64. The van der Waals surface area contributed by atoms with Crippen molar-refractivity contribution in [3.63, 3.8) is 0 Å². The molecule has 1 N–H and O–H groups in total. The molecule has 41 heavy (non-hydrogen) atoms. The highest BCUT2D eigenvalue weighted by molar-refractivity contribution is 5.85. The number of para-hydroxylation sites is 2. The summed E-state index contributed by atoms with van der Waals surface area (Å²) < 4.78 is 14.9. The summed E-state index contributed by atoms with van der Waals surface area (Å²) in [6.45, 7) is 14.5. The molecule has 210 valence electrons. The number of hydrogen-bond donors (Lipinski definition) is 1. The molecule has 0 saturated carbocycles. The minimum absolute atomic E-state index is 0.00125. The van der Waals surface area contributed by atoms with E-state index in [1.165, 1.54) is 50.0 Å². The number of fused-ring (bicyclic) bond motifs is 11. The predicted octanol–water partition coefficient (Wildman–Crippen LogP) is 7.65. The van der Waals surface area contributed by atoms with Crippen LogP contribution in [0.2, 0.25) is 0 Å². The van der Waals surface area contributed by atoms with Gasteiger partial charge in [0.25, 0.3) is 0 Å². The van der Waals surface area contributed by atoms with Gasteiger partial charge in [-0.2, -0.15) is 4.57 Å². The van der Waals surface area contributed by atoms with Crippen LogP contribution in [0.1, 0.15) is 91.8 Å². The Kier molecular flexibility index (Phi) is 6.15. The van der Waals surface area contributed by atoms with Gasteiger partial charge in [-0.3, -0.25) is 0 Å². The molecule has 4 atom stereocenters. The third-order valence-electron chi connectivity index (χ3n) is 9.96. The summed E-state index contributed by atoms with van der Waals surface area (Å²) in [4.78, 5) is 0. The molecule has 3 aliphatic rings. The van der Waals surface area contributed by atoms with E-state index in [9.17, 15) is 5.11 Å². The van der Waals surface area contributed by atoms with Gasteiger partial charge >= 0.3 is 0 Å². The fourth-order valence-corrected chi connectivity index (χ4v) is 8.39. The Labute approximate surface area is 243 Å². The van der Waals surface area contributed by atoms with Crippen molar-refractivity contribution in [3.05, 3.63) is 107 Å². The lowest BCUT2D eigenvalue weighted by Gasteiger charge is -2.36. The molecule has 7 rings (SSSR count). The Morgan fingerprint density at radius 3 is 2.51 bits per heavy atom. The molecule has 1 aromatic heterocycles. The van der Waals surface area contributed by atoms with E-state index in [-0.39, 0.29) is 36.0 Å². The van der Waals surface area contributed by atoms with Gasteiger partial charge in [-0.15, -0.1) is 0 Å². The average Bonchev–Trinajstić information content (AvgIpc) is 3.46. The SMILES string of the molecule is C=C(COC)C1C(CCO)c2ccc3c(c2-c2cc(C(C)C)c4ccccc4[n+]21)C(C)(C)C1c2ccccc2OC31. The molecule has 0 saturated heterocycles. The first-order valence-corrected chi connectivity index (χ1v) is 15.0. The van der Waals surface area contributed by atoms with Crippen molar-refractivity contribution in [2.75, 3.05) is 20.3 Å². The fourth-order valence-electron chi connectivity index (χ4n) is 8.39. The molecule has 4 nitrogen and oxygen atoms in total. The summed E-state index contributed by atoms with van der Waals surface area (Å²) in [5.41, 5.74) is 11.3. The van der Waals surface area contributed by atoms with E-state index in [0.717, 1.165) is 11.3 Å². The van der Waals surface area contributed by atoms with Crippen molar-refractivity contribution >= 4 is 10.9 Å². The summed E-state index contributed by atoms with van der Waals surface area (Å²) in [6.07, 6.45) is 0.650. The van der Waals surface area contributed by atoms with E-state index in [1.54, 1.807) is 7.11 Å². The normalized spacial score (nSPS) is 23.0. The number of aromatic nitrogens is 1. The molecule has 0 bridgehead atoms. The van der Waals surface area contributed by atoms with Crippen molar-refractivity contribution in [3.8, 4) is 17.0 Å². The standard InChI is InChI=1S/C37H40NO3/c1-21(2)28-19-30-32-24(15-16-27-33(32)37(4,5)34-26-12-8-10-14-31(26)41-36(27)34)25(17-18-39)35(22(3)20-40-6)38(30)29-13-9-7-11-23(28)29/h7-16,19,21,25,34-36,39H,3,17-18,20H2,1-2,4-6H3/q+1. The zero-order valence-electron chi connectivity index (χ0n) is 24.8. The van der Waals surface area contributed by atoms with Gasteiger partial charge in [0.2, 0.25) is 11.2 Å². The van der Waals surface area contributed by atoms with Crippen LogP contribution < -0.4 is 9.30 Å². The van der Waals surface area contributed by atoms with E-state index in [0.29, 0.717) is 18.9 Å². The van der Waals surface area contributed by atoms with Crippen molar-refractivity contribution in [2.24, 2.45) is 0 Å². The van der Waals surface area contributed by atoms with E-state index in [4.69, 9.17) is 9.47 Å². The van der Waals surface area contributed by atoms with Crippen molar-refractivity contribution in [2.45, 2.75) is 69.4 Å². The van der Waals surface area contributed by atoms with Gasteiger partial charge in [-0.25, -0.2) is 0 Å². The Morgan fingerprint density at radius 1 is 1.02 bits per heavy atom. The molecule has 4 unspecified atom stereocenters. The van der Waals surface area contributed by atoms with Gasteiger partial charge < -0.3 is 14.6 Å². The van der Waals surface area contributed by atoms with Crippen LogP contribution >= 0.6 is 0 Å². The number of pyridine rings is 1. The van der Waals surface area contributed by atoms with Crippen LogP contribution in [0, 0.1) is 0 Å². The molecular formula is C37H40NO3+. The molecule has 0 fully saturated rings. The number of methoxy groups -OCH3 is 1. The number of nitrogens with zero attached hydrogens (tertiary/aromatic N) is 1. The van der Waals surface area contributed by atoms with E-state index in [2.05, 4.69) is 106 Å². The van der Waals surface area contributed by atoms with Crippen LogP contribution in [-0.4, -0.2) is 25.4 Å². The van der Waals surface area contributed by atoms with E-state index in [1.807, 2.05) is 0 Å². The maximum atomic E-state index is 10.4. The minimum Gasteiger partial charge on any atom is -0.485 e. The molecule has 3 heterocycles. The van der Waals surface area contributed by atoms with Gasteiger partial charge in [-0.1, -0.05) is 76.7 Å². The zero-order chi connectivity index (χ0) is 28.6. The van der Waals surface area contributed by atoms with Crippen LogP contribution in [0.3, 0.4) is 0 Å². The van der Waals surface area contributed by atoms with Crippen LogP contribution in [0.4, 0.5) is 0 Å². The van der Waals surface area contributed by atoms with Gasteiger partial charge in [0.05, 0.1) is 18.1 Å². The number of benzene rings is 3. The number of ether oxygens (including phenoxy) is 2. The third kappa shape index (κ3) is 3.63. The van der Waals surface area contributed by atoms with Crippen molar-refractivity contribution < 1.29 is 19.1 Å². The highest BCUT2D eigenvalue weighted by atomic mass is 16.5. The molecule has 4 aromatic rings. The fraction of sp³-hybridized carbons (Fsp3) is 0.378. The molecule has 1 aliphatic carbocycles. The quantitative estimate of drug-likeness (QED) is 0.200. The predicted molar refractivity (Wildman–Crippen MR) is 164 cm³/mol. The molecule has 2 aliphatic heterocycles. The first-order valence-electron chi connectivity index (χ1n) is 15.0. The van der Waals surface area contributed by atoms with Crippen LogP contribution in [0.25, 0.3) is 22.2 Å².